The molecule has 1 N–H and O–H groups in total. The molecule has 0 saturated heterocycles. The van der Waals surface area contributed by atoms with E-state index >= 15 is 0 Å². The highest BCUT2D eigenvalue weighted by atomic mass is 16.3. The minimum Gasteiger partial charge on any atom is -0.456 e. The van der Waals surface area contributed by atoms with Gasteiger partial charge in [0.25, 0.3) is 0 Å². The van der Waals surface area contributed by atoms with Crippen LogP contribution in [0.15, 0.2) is 177 Å². The largest absolute Gasteiger partial charge is 0.456 e. The van der Waals surface area contributed by atoms with Gasteiger partial charge < -0.3 is 18.7 Å². The van der Waals surface area contributed by atoms with Crippen LogP contribution in [0, 0.1) is 0 Å². The quantitative estimate of drug-likeness (QED) is 0.205. The molecule has 0 fully saturated rings. The van der Waals surface area contributed by atoms with Crippen molar-refractivity contribution in [2.75, 3.05) is 0 Å². The average molecular weight is 657 g/mol. The van der Waals surface area contributed by atoms with Crippen LogP contribution in [0.25, 0.3) is 71.4 Å². The van der Waals surface area contributed by atoms with E-state index in [1.54, 1.807) is 0 Å². The lowest BCUT2D eigenvalue weighted by Gasteiger charge is -2.24. The lowest BCUT2D eigenvalue weighted by Crippen LogP contribution is -2.33. The Hall–Kier alpha value is -6.92. The molecule has 0 amide bonds. The van der Waals surface area contributed by atoms with Gasteiger partial charge in [0.1, 0.15) is 34.3 Å². The zero-order valence-electron chi connectivity index (χ0n) is 27.2. The maximum atomic E-state index is 6.69. The number of para-hydroxylation sites is 4. The molecule has 1 aliphatic rings. The molecule has 240 valence electrons. The van der Waals surface area contributed by atoms with Crippen LogP contribution in [-0.2, 0) is 0 Å². The molecule has 0 saturated carbocycles. The van der Waals surface area contributed by atoms with E-state index in [2.05, 4.69) is 119 Å². The van der Waals surface area contributed by atoms with E-state index < -0.39 is 0 Å². The summed E-state index contributed by atoms with van der Waals surface area (Å²) in [5.74, 6) is 1.34. The lowest BCUT2D eigenvalue weighted by atomic mass is 10.0. The molecule has 3 aromatic heterocycles. The number of aliphatic imine (C=N–C) groups is 2. The second-order valence-corrected chi connectivity index (χ2v) is 13.0. The van der Waals surface area contributed by atoms with Gasteiger partial charge in [0, 0.05) is 43.6 Å². The Labute approximate surface area is 291 Å². The average Bonchev–Trinajstić information content (AvgIpc) is 3.87. The molecule has 1 atom stereocenters. The standard InChI is InChI=1S/C45H28N4O2/c1-2-12-27(13-3-1)43-46-44(33-18-11-23-40-41(33)32-16-6-9-22-38(32)50-40)48-45(47-43)34-19-10-17-31-35-26-28(24-25-39(35)51-42(31)34)49-36-20-7-4-14-29(36)30-15-5-8-21-37(30)49/h1-26,43H,(H,46,47,48). The van der Waals surface area contributed by atoms with Crippen molar-refractivity contribution in [2.45, 2.75) is 6.17 Å². The summed E-state index contributed by atoms with van der Waals surface area (Å²) < 4.78 is 15.3. The summed E-state index contributed by atoms with van der Waals surface area (Å²) in [7, 11) is 0. The van der Waals surface area contributed by atoms with Crippen molar-refractivity contribution in [3.63, 3.8) is 0 Å². The number of nitrogens with zero attached hydrogens (tertiary/aromatic N) is 3. The summed E-state index contributed by atoms with van der Waals surface area (Å²) in [4.78, 5) is 10.4. The molecule has 4 heterocycles. The molecule has 0 aliphatic carbocycles. The molecule has 0 bridgehead atoms. The molecule has 6 nitrogen and oxygen atoms in total. The molecule has 10 aromatic rings. The van der Waals surface area contributed by atoms with Crippen molar-refractivity contribution in [1.29, 1.82) is 0 Å². The second-order valence-electron chi connectivity index (χ2n) is 13.0. The fourth-order valence-corrected chi connectivity index (χ4v) is 7.79. The molecule has 0 spiro atoms. The van der Waals surface area contributed by atoms with Crippen molar-refractivity contribution >= 4 is 77.4 Å². The predicted octanol–water partition coefficient (Wildman–Crippen LogP) is 11.1. The highest BCUT2D eigenvalue weighted by Gasteiger charge is 2.26. The van der Waals surface area contributed by atoms with Gasteiger partial charge in [-0.25, -0.2) is 9.98 Å². The third kappa shape index (κ3) is 4.23. The Morgan fingerprint density at radius 1 is 0.510 bits per heavy atom. The topological polar surface area (TPSA) is 68.0 Å². The number of hydrogen-bond acceptors (Lipinski definition) is 5. The van der Waals surface area contributed by atoms with E-state index in [9.17, 15) is 0 Å². The van der Waals surface area contributed by atoms with Gasteiger partial charge >= 0.3 is 0 Å². The van der Waals surface area contributed by atoms with Crippen LogP contribution >= 0.6 is 0 Å². The van der Waals surface area contributed by atoms with Gasteiger partial charge in [-0.15, -0.1) is 0 Å². The number of fused-ring (bicyclic) bond motifs is 9. The van der Waals surface area contributed by atoms with Gasteiger partial charge in [0.15, 0.2) is 5.84 Å². The van der Waals surface area contributed by atoms with Crippen molar-refractivity contribution in [3.8, 4) is 5.69 Å². The number of nitrogens with one attached hydrogen (secondary N) is 1. The Morgan fingerprint density at radius 2 is 1.16 bits per heavy atom. The summed E-state index contributed by atoms with van der Waals surface area (Å²) in [6.45, 7) is 0. The molecular weight excluding hydrogens is 629 g/mol. The van der Waals surface area contributed by atoms with Crippen LogP contribution in [0.5, 0.6) is 0 Å². The van der Waals surface area contributed by atoms with Crippen LogP contribution in [0.3, 0.4) is 0 Å². The summed E-state index contributed by atoms with van der Waals surface area (Å²) in [5.41, 5.74) is 9.49. The van der Waals surface area contributed by atoms with E-state index in [0.29, 0.717) is 5.84 Å². The Bertz CT molecular complexity index is 3020. The number of furan rings is 2. The number of benzene rings is 7. The van der Waals surface area contributed by atoms with E-state index in [0.717, 1.165) is 72.1 Å². The molecule has 0 radical (unpaired) electrons. The maximum absolute atomic E-state index is 6.69. The minimum atomic E-state index is -0.358. The summed E-state index contributed by atoms with van der Waals surface area (Å²) in [5, 5.41) is 10.2. The Kier molecular flexibility index (Phi) is 5.92. The first kappa shape index (κ1) is 28.0. The van der Waals surface area contributed by atoms with Gasteiger partial charge in [0.05, 0.1) is 16.6 Å². The number of hydrogen-bond donors (Lipinski definition) is 1. The van der Waals surface area contributed by atoms with Crippen molar-refractivity contribution in [3.05, 3.63) is 174 Å². The first-order valence-electron chi connectivity index (χ1n) is 17.1. The minimum absolute atomic E-state index is 0.358. The fraction of sp³-hybridized carbons (Fsp3) is 0.0222. The normalized spacial score (nSPS) is 14.9. The van der Waals surface area contributed by atoms with E-state index in [4.69, 9.17) is 18.8 Å². The smallest absolute Gasteiger partial charge is 0.163 e. The highest BCUT2D eigenvalue weighted by molar-refractivity contribution is 6.24. The Balaban J connectivity index is 1.11. The Morgan fingerprint density at radius 3 is 1.98 bits per heavy atom. The SMILES string of the molecule is c1ccc(C2N=C(c3cccc4c3oc3ccc(-n5c6ccccc6c6ccccc65)cc34)N=C(c3cccc4oc5ccccc5c34)N2)cc1. The van der Waals surface area contributed by atoms with Crippen molar-refractivity contribution in [2.24, 2.45) is 9.98 Å². The third-order valence-electron chi connectivity index (χ3n) is 10.1. The van der Waals surface area contributed by atoms with Crippen molar-refractivity contribution < 1.29 is 8.83 Å². The number of aromatic nitrogens is 1. The molecule has 11 rings (SSSR count). The zero-order chi connectivity index (χ0) is 33.5. The molecule has 51 heavy (non-hydrogen) atoms. The van der Waals surface area contributed by atoms with Crippen LogP contribution in [0.4, 0.5) is 0 Å². The van der Waals surface area contributed by atoms with Crippen molar-refractivity contribution in [1.82, 2.24) is 9.88 Å². The van der Waals surface area contributed by atoms with Gasteiger partial charge in [-0.1, -0.05) is 109 Å². The van der Waals surface area contributed by atoms with Gasteiger partial charge in [-0.05, 0) is 54.1 Å². The summed E-state index contributed by atoms with van der Waals surface area (Å²) >= 11 is 0. The van der Waals surface area contributed by atoms with Crippen LogP contribution in [0.2, 0.25) is 0 Å². The monoisotopic (exact) mass is 656 g/mol. The van der Waals surface area contributed by atoms with Crippen LogP contribution < -0.4 is 5.32 Å². The third-order valence-corrected chi connectivity index (χ3v) is 10.1. The van der Waals surface area contributed by atoms with Gasteiger partial charge in [0.2, 0.25) is 0 Å². The highest BCUT2D eigenvalue weighted by Crippen LogP contribution is 2.38. The van der Waals surface area contributed by atoms with Crippen LogP contribution in [-0.4, -0.2) is 16.2 Å². The second kappa shape index (κ2) is 10.8. The molecule has 1 unspecified atom stereocenters. The summed E-state index contributed by atoms with van der Waals surface area (Å²) in [6, 6.07) is 54.4. The molecule has 1 aliphatic heterocycles. The lowest BCUT2D eigenvalue weighted by molar-refractivity contribution is 0.662. The van der Waals surface area contributed by atoms with Crippen LogP contribution in [0.1, 0.15) is 22.9 Å². The molecule has 7 aromatic carbocycles. The maximum Gasteiger partial charge on any atom is 0.163 e. The van der Waals surface area contributed by atoms with E-state index in [-0.39, 0.29) is 6.17 Å². The number of amidine groups is 2. The first-order chi connectivity index (χ1) is 25.3. The predicted molar refractivity (Wildman–Crippen MR) is 207 cm³/mol. The van der Waals surface area contributed by atoms with E-state index in [1.165, 1.54) is 21.8 Å². The molecule has 6 heteroatoms. The van der Waals surface area contributed by atoms with Gasteiger partial charge in [-0.3, -0.25) is 0 Å². The van der Waals surface area contributed by atoms with E-state index in [1.807, 2.05) is 48.5 Å². The fourth-order valence-electron chi connectivity index (χ4n) is 7.79. The van der Waals surface area contributed by atoms with Gasteiger partial charge in [-0.2, -0.15) is 0 Å². The first-order valence-corrected chi connectivity index (χ1v) is 17.1. The number of rotatable bonds is 4. The summed E-state index contributed by atoms with van der Waals surface area (Å²) in [6.07, 6.45) is -0.358. The zero-order valence-corrected chi connectivity index (χ0v) is 27.2. The molecular formula is C45H28N4O2.